The molecule has 0 saturated carbocycles. The van der Waals surface area contributed by atoms with Crippen molar-refractivity contribution in [2.24, 2.45) is 5.92 Å². The molecule has 0 bridgehead atoms. The highest BCUT2D eigenvalue weighted by Crippen LogP contribution is 2.39. The van der Waals surface area contributed by atoms with Crippen LogP contribution in [0.25, 0.3) is 5.76 Å². The van der Waals surface area contributed by atoms with Gasteiger partial charge in [-0.3, -0.25) is 14.6 Å². The summed E-state index contributed by atoms with van der Waals surface area (Å²) < 4.78 is 10.8. The van der Waals surface area contributed by atoms with E-state index in [0.29, 0.717) is 49.0 Å². The first-order valence-corrected chi connectivity index (χ1v) is 10.3. The number of rotatable bonds is 9. The van der Waals surface area contributed by atoms with Gasteiger partial charge >= 0.3 is 0 Å². The fraction of sp³-hybridized carbons (Fsp3) is 0.375. The van der Waals surface area contributed by atoms with Crippen molar-refractivity contribution in [3.05, 3.63) is 65.5 Å². The summed E-state index contributed by atoms with van der Waals surface area (Å²) in [6, 6.07) is 9.68. The lowest BCUT2D eigenvalue weighted by atomic mass is 9.96. The molecule has 7 heteroatoms. The number of methoxy groups -OCH3 is 1. The van der Waals surface area contributed by atoms with Crippen LogP contribution in [-0.4, -0.2) is 53.5 Å². The third-order valence-electron chi connectivity index (χ3n) is 5.00. The molecule has 1 aromatic heterocycles. The Kier molecular flexibility index (Phi) is 7.41. The van der Waals surface area contributed by atoms with E-state index in [4.69, 9.17) is 9.47 Å². The topological polar surface area (TPSA) is 89.0 Å². The molecule has 1 atom stereocenters. The third kappa shape index (κ3) is 5.11. The number of aromatic nitrogens is 1. The van der Waals surface area contributed by atoms with E-state index in [-0.39, 0.29) is 11.3 Å². The standard InChI is InChI=1S/C24H28N2O5/c1-16(2)15-31-19-9-7-17(8-10-19)22(27)20-21(18-6-4-11-25-14-18)26(12-5-13-30-3)24(29)23(20)28/h4,6-11,14,16,21,27H,5,12-13,15H2,1-3H3/b22-20-. The molecule has 164 valence electrons. The number of likely N-dealkylation sites (tertiary alicyclic amines) is 1. The second-order valence-electron chi connectivity index (χ2n) is 7.85. The minimum Gasteiger partial charge on any atom is -0.507 e. The lowest BCUT2D eigenvalue weighted by Crippen LogP contribution is -2.31. The van der Waals surface area contributed by atoms with E-state index in [9.17, 15) is 14.7 Å². The van der Waals surface area contributed by atoms with Gasteiger partial charge in [0.05, 0.1) is 18.2 Å². The highest BCUT2D eigenvalue weighted by atomic mass is 16.5. The van der Waals surface area contributed by atoms with Crippen LogP contribution in [0.1, 0.15) is 37.4 Å². The molecule has 1 saturated heterocycles. The number of amides is 1. The fourth-order valence-corrected chi connectivity index (χ4v) is 3.50. The van der Waals surface area contributed by atoms with Crippen molar-refractivity contribution in [1.82, 2.24) is 9.88 Å². The van der Waals surface area contributed by atoms with Crippen molar-refractivity contribution < 1.29 is 24.2 Å². The summed E-state index contributed by atoms with van der Waals surface area (Å²) in [5.74, 6) is -0.486. The Hall–Kier alpha value is -3.19. The van der Waals surface area contributed by atoms with Crippen molar-refractivity contribution in [1.29, 1.82) is 0 Å². The average Bonchev–Trinajstić information content (AvgIpc) is 3.03. The molecule has 1 unspecified atom stereocenters. The third-order valence-corrected chi connectivity index (χ3v) is 5.00. The molecule has 1 amide bonds. The van der Waals surface area contributed by atoms with Crippen LogP contribution in [-0.2, 0) is 14.3 Å². The van der Waals surface area contributed by atoms with Gasteiger partial charge in [0.2, 0.25) is 0 Å². The number of carbonyl (C=O) groups excluding carboxylic acids is 2. The highest BCUT2D eigenvalue weighted by molar-refractivity contribution is 6.46. The normalized spacial score (nSPS) is 18.1. The predicted molar refractivity (Wildman–Crippen MR) is 117 cm³/mol. The molecule has 0 spiro atoms. The second kappa shape index (κ2) is 10.2. The number of hydrogen-bond donors (Lipinski definition) is 1. The first kappa shape index (κ1) is 22.5. The summed E-state index contributed by atoms with van der Waals surface area (Å²) in [5.41, 5.74) is 1.17. The van der Waals surface area contributed by atoms with Crippen LogP contribution < -0.4 is 4.74 Å². The number of nitrogens with zero attached hydrogens (tertiary/aromatic N) is 2. The maximum atomic E-state index is 12.9. The number of hydrogen-bond acceptors (Lipinski definition) is 6. The number of carbonyl (C=O) groups is 2. The van der Waals surface area contributed by atoms with Gasteiger partial charge in [-0.2, -0.15) is 0 Å². The zero-order valence-electron chi connectivity index (χ0n) is 18.1. The Labute approximate surface area is 182 Å². The van der Waals surface area contributed by atoms with Gasteiger partial charge in [-0.05, 0) is 48.2 Å². The zero-order chi connectivity index (χ0) is 22.4. The monoisotopic (exact) mass is 424 g/mol. The Morgan fingerprint density at radius 3 is 2.55 bits per heavy atom. The largest absolute Gasteiger partial charge is 0.507 e. The Morgan fingerprint density at radius 1 is 1.19 bits per heavy atom. The van der Waals surface area contributed by atoms with E-state index in [2.05, 4.69) is 18.8 Å². The minimum absolute atomic E-state index is 0.0614. The second-order valence-corrected chi connectivity index (χ2v) is 7.85. The Morgan fingerprint density at radius 2 is 1.94 bits per heavy atom. The average molecular weight is 424 g/mol. The number of benzene rings is 1. The molecule has 1 fully saturated rings. The summed E-state index contributed by atoms with van der Waals surface area (Å²) >= 11 is 0. The van der Waals surface area contributed by atoms with Crippen LogP contribution in [0.15, 0.2) is 54.4 Å². The smallest absolute Gasteiger partial charge is 0.295 e. The van der Waals surface area contributed by atoms with E-state index in [0.717, 1.165) is 0 Å². The minimum atomic E-state index is -0.706. The summed E-state index contributed by atoms with van der Waals surface area (Å²) in [6.45, 7) is 5.49. The molecule has 1 aromatic carbocycles. The van der Waals surface area contributed by atoms with Crippen LogP contribution in [0.5, 0.6) is 5.75 Å². The number of aliphatic hydroxyl groups excluding tert-OH is 1. The number of ether oxygens (including phenoxy) is 2. The van der Waals surface area contributed by atoms with Crippen molar-refractivity contribution in [2.45, 2.75) is 26.3 Å². The number of pyridine rings is 1. The molecular weight excluding hydrogens is 396 g/mol. The van der Waals surface area contributed by atoms with E-state index in [1.165, 1.54) is 4.90 Å². The molecule has 0 radical (unpaired) electrons. The van der Waals surface area contributed by atoms with Crippen molar-refractivity contribution in [3.63, 3.8) is 0 Å². The van der Waals surface area contributed by atoms with Crippen molar-refractivity contribution in [3.8, 4) is 5.75 Å². The van der Waals surface area contributed by atoms with E-state index < -0.39 is 17.7 Å². The first-order valence-electron chi connectivity index (χ1n) is 10.3. The molecular formula is C24H28N2O5. The molecule has 3 rings (SSSR count). The SMILES string of the molecule is COCCCN1C(=O)C(=O)/C(=C(\O)c2ccc(OCC(C)C)cc2)C1c1cccnc1. The molecule has 1 aliphatic heterocycles. The highest BCUT2D eigenvalue weighted by Gasteiger charge is 2.45. The van der Waals surface area contributed by atoms with E-state index >= 15 is 0 Å². The van der Waals surface area contributed by atoms with Crippen LogP contribution in [0.4, 0.5) is 0 Å². The summed E-state index contributed by atoms with van der Waals surface area (Å²) in [4.78, 5) is 31.3. The fourth-order valence-electron chi connectivity index (χ4n) is 3.50. The van der Waals surface area contributed by atoms with Gasteiger partial charge < -0.3 is 19.5 Å². The number of ketones is 1. The summed E-state index contributed by atoms with van der Waals surface area (Å²) in [5, 5.41) is 11.0. The number of aliphatic hydroxyl groups is 1. The predicted octanol–water partition coefficient (Wildman–Crippen LogP) is 3.57. The van der Waals surface area contributed by atoms with E-state index in [1.807, 2.05) is 0 Å². The van der Waals surface area contributed by atoms with Crippen LogP contribution in [0, 0.1) is 5.92 Å². The molecule has 1 N–H and O–H groups in total. The molecule has 0 aliphatic carbocycles. The van der Waals surface area contributed by atoms with Crippen molar-refractivity contribution in [2.75, 3.05) is 26.9 Å². The van der Waals surface area contributed by atoms with Crippen molar-refractivity contribution >= 4 is 17.4 Å². The van der Waals surface area contributed by atoms with Gasteiger partial charge in [0.15, 0.2) is 0 Å². The van der Waals surface area contributed by atoms with Gasteiger partial charge in [-0.15, -0.1) is 0 Å². The first-order chi connectivity index (χ1) is 14.9. The van der Waals surface area contributed by atoms with Crippen LogP contribution in [0.3, 0.4) is 0 Å². The van der Waals surface area contributed by atoms with E-state index in [1.54, 1.807) is 55.9 Å². The van der Waals surface area contributed by atoms with Crippen LogP contribution >= 0.6 is 0 Å². The Bertz CT molecular complexity index is 938. The van der Waals surface area contributed by atoms with Gasteiger partial charge in [-0.1, -0.05) is 19.9 Å². The van der Waals surface area contributed by atoms with Gasteiger partial charge in [0, 0.05) is 38.2 Å². The molecule has 2 heterocycles. The quantitative estimate of drug-likeness (QED) is 0.286. The lowest BCUT2D eigenvalue weighted by Gasteiger charge is -2.25. The molecule has 31 heavy (non-hydrogen) atoms. The van der Waals surface area contributed by atoms with Gasteiger partial charge in [-0.25, -0.2) is 0 Å². The van der Waals surface area contributed by atoms with Gasteiger partial charge in [0.25, 0.3) is 11.7 Å². The number of Topliss-reactive ketones (excluding diaryl/α,β-unsaturated/α-hetero) is 1. The molecule has 1 aliphatic rings. The van der Waals surface area contributed by atoms with Gasteiger partial charge in [0.1, 0.15) is 11.5 Å². The van der Waals surface area contributed by atoms with Crippen LogP contribution in [0.2, 0.25) is 0 Å². The maximum absolute atomic E-state index is 12.9. The zero-order valence-corrected chi connectivity index (χ0v) is 18.1. The summed E-state index contributed by atoms with van der Waals surface area (Å²) in [6.07, 6.45) is 3.80. The maximum Gasteiger partial charge on any atom is 0.295 e. The summed E-state index contributed by atoms with van der Waals surface area (Å²) in [7, 11) is 1.58. The molecule has 2 aromatic rings. The lowest BCUT2D eigenvalue weighted by molar-refractivity contribution is -0.140. The Balaban J connectivity index is 1.98. The molecule has 7 nitrogen and oxygen atoms in total.